The van der Waals surface area contributed by atoms with E-state index in [9.17, 15) is 24.6 Å². The number of nitrogens with two attached hydrogens (primary N) is 2. The van der Waals surface area contributed by atoms with Crippen molar-refractivity contribution < 1.29 is 29.3 Å². The molecular weight excluding hydrogens is 440 g/mol. The van der Waals surface area contributed by atoms with Gasteiger partial charge in [0.15, 0.2) is 11.7 Å². The number of amides is 1. The van der Waals surface area contributed by atoms with Gasteiger partial charge in [-0.1, -0.05) is 42.5 Å². The summed E-state index contributed by atoms with van der Waals surface area (Å²) in [6, 6.07) is 14.2. The Morgan fingerprint density at radius 2 is 1.68 bits per heavy atom. The summed E-state index contributed by atoms with van der Waals surface area (Å²) < 4.78 is 5.20. The summed E-state index contributed by atoms with van der Waals surface area (Å²) in [5, 5.41) is 21.6. The number of carbonyl (C=O) groups is 3. The van der Waals surface area contributed by atoms with Crippen molar-refractivity contribution >= 4 is 23.8 Å². The summed E-state index contributed by atoms with van der Waals surface area (Å²) >= 11 is 0. The molecule has 0 aromatic heterocycles. The maximum absolute atomic E-state index is 13.0. The molecule has 2 aromatic rings. The molecule has 2 aromatic carbocycles. The normalized spacial score (nSPS) is 12.2. The molecule has 182 valence electrons. The van der Waals surface area contributed by atoms with Crippen LogP contribution in [0.15, 0.2) is 59.6 Å². The second kappa shape index (κ2) is 13.5. The lowest BCUT2D eigenvalue weighted by molar-refractivity contribution is -0.144. The molecule has 34 heavy (non-hydrogen) atoms. The van der Waals surface area contributed by atoms with Crippen LogP contribution < -0.4 is 16.8 Å². The molecule has 0 radical (unpaired) electrons. The van der Waals surface area contributed by atoms with Gasteiger partial charge in [0.05, 0.1) is 12.0 Å². The molecule has 0 aliphatic heterocycles. The van der Waals surface area contributed by atoms with Crippen LogP contribution in [0.2, 0.25) is 0 Å². The Balaban J connectivity index is 2.02. The van der Waals surface area contributed by atoms with Crippen LogP contribution in [0.3, 0.4) is 0 Å². The fourth-order valence-electron chi connectivity index (χ4n) is 3.27. The van der Waals surface area contributed by atoms with Gasteiger partial charge in [0.25, 0.3) is 0 Å². The molecular formula is C24H30N4O6. The molecule has 0 fully saturated rings. The number of ketones is 1. The Bertz CT molecular complexity index is 975. The molecule has 7 N–H and O–H groups in total. The van der Waals surface area contributed by atoms with Gasteiger partial charge in [-0.05, 0) is 42.5 Å². The van der Waals surface area contributed by atoms with Gasteiger partial charge in [0, 0.05) is 13.0 Å². The van der Waals surface area contributed by atoms with E-state index in [0.717, 1.165) is 5.56 Å². The second-order valence-corrected chi connectivity index (χ2v) is 7.78. The van der Waals surface area contributed by atoms with Gasteiger partial charge < -0.3 is 31.7 Å². The molecule has 0 heterocycles. The predicted molar refractivity (Wildman–Crippen MR) is 126 cm³/mol. The summed E-state index contributed by atoms with van der Waals surface area (Å²) in [5.74, 6) is -2.59. The topological polar surface area (TPSA) is 177 Å². The van der Waals surface area contributed by atoms with Gasteiger partial charge in [-0.25, -0.2) is 4.79 Å². The van der Waals surface area contributed by atoms with Crippen molar-refractivity contribution in [2.24, 2.45) is 22.4 Å². The number of rotatable bonds is 13. The Labute approximate surface area is 197 Å². The minimum Gasteiger partial charge on any atom is -0.508 e. The van der Waals surface area contributed by atoms with Crippen molar-refractivity contribution in [2.75, 3.05) is 6.54 Å². The van der Waals surface area contributed by atoms with Crippen LogP contribution >= 0.6 is 0 Å². The Hall–Kier alpha value is -4.08. The molecule has 10 heteroatoms. The Kier molecular flexibility index (Phi) is 10.4. The van der Waals surface area contributed by atoms with Gasteiger partial charge in [-0.3, -0.25) is 14.6 Å². The van der Waals surface area contributed by atoms with Crippen LogP contribution in [-0.2, 0) is 27.4 Å². The first-order valence-corrected chi connectivity index (χ1v) is 10.8. The average Bonchev–Trinajstić information content (AvgIpc) is 2.81. The molecule has 0 spiro atoms. The molecule has 2 atom stereocenters. The number of nitrogens with one attached hydrogen (secondary N) is 1. The summed E-state index contributed by atoms with van der Waals surface area (Å²) in [6.45, 7) is 0.281. The van der Waals surface area contributed by atoms with Crippen molar-refractivity contribution in [1.82, 2.24) is 5.32 Å². The van der Waals surface area contributed by atoms with E-state index in [2.05, 4.69) is 10.3 Å². The highest BCUT2D eigenvalue weighted by Crippen LogP contribution is 2.18. The lowest BCUT2D eigenvalue weighted by atomic mass is 9.91. The summed E-state index contributed by atoms with van der Waals surface area (Å²) in [6.07, 6.45) is -0.373. The number of guanidine groups is 1. The number of aliphatic imine (C=N–C) groups is 1. The van der Waals surface area contributed by atoms with E-state index < -0.39 is 29.8 Å². The van der Waals surface area contributed by atoms with Gasteiger partial charge in [0.2, 0.25) is 0 Å². The van der Waals surface area contributed by atoms with E-state index >= 15 is 0 Å². The highest BCUT2D eigenvalue weighted by atomic mass is 16.5. The minimum atomic E-state index is -1.13. The van der Waals surface area contributed by atoms with Crippen LogP contribution in [0.25, 0.3) is 0 Å². The molecule has 1 amide bonds. The number of carbonyl (C=O) groups excluding carboxylic acids is 2. The summed E-state index contributed by atoms with van der Waals surface area (Å²) in [4.78, 5) is 41.0. The maximum Gasteiger partial charge on any atom is 0.408 e. The lowest BCUT2D eigenvalue weighted by Gasteiger charge is -2.20. The van der Waals surface area contributed by atoms with Gasteiger partial charge >= 0.3 is 12.1 Å². The quantitative estimate of drug-likeness (QED) is 0.167. The van der Waals surface area contributed by atoms with Crippen LogP contribution in [0.4, 0.5) is 4.79 Å². The third-order valence-electron chi connectivity index (χ3n) is 5.05. The van der Waals surface area contributed by atoms with E-state index in [1.54, 1.807) is 24.3 Å². The molecule has 0 saturated heterocycles. The average molecular weight is 471 g/mol. The summed E-state index contributed by atoms with van der Waals surface area (Å²) in [7, 11) is 0. The van der Waals surface area contributed by atoms with Crippen LogP contribution in [0, 0.1) is 5.92 Å². The number of aliphatic carboxylic acids is 1. The first-order chi connectivity index (χ1) is 16.2. The molecule has 0 saturated carbocycles. The number of hydrogen-bond donors (Lipinski definition) is 5. The summed E-state index contributed by atoms with van der Waals surface area (Å²) in [5.41, 5.74) is 12.1. The monoisotopic (exact) mass is 470 g/mol. The SMILES string of the molecule is NC(N)=NCCCC(NC(=O)OCc1ccccc1)C(=O)CC(Cc1ccc(O)cc1)C(=O)O. The maximum atomic E-state index is 13.0. The number of benzene rings is 2. The highest BCUT2D eigenvalue weighted by molar-refractivity contribution is 5.90. The fraction of sp³-hybridized carbons (Fsp3) is 0.333. The first-order valence-electron chi connectivity index (χ1n) is 10.8. The van der Waals surface area contributed by atoms with E-state index in [-0.39, 0.29) is 44.1 Å². The van der Waals surface area contributed by atoms with Gasteiger partial charge in [-0.15, -0.1) is 0 Å². The number of ether oxygens (including phenoxy) is 1. The zero-order chi connectivity index (χ0) is 24.9. The van der Waals surface area contributed by atoms with Crippen molar-refractivity contribution in [3.8, 4) is 5.75 Å². The number of phenolic OH excluding ortho intramolecular Hbond substituents is 1. The van der Waals surface area contributed by atoms with E-state index in [0.29, 0.717) is 12.0 Å². The number of nitrogens with zero attached hydrogens (tertiary/aromatic N) is 1. The molecule has 10 nitrogen and oxygen atoms in total. The Morgan fingerprint density at radius 1 is 1.00 bits per heavy atom. The van der Waals surface area contributed by atoms with Crippen LogP contribution in [0.5, 0.6) is 5.75 Å². The highest BCUT2D eigenvalue weighted by Gasteiger charge is 2.28. The van der Waals surface area contributed by atoms with Crippen LogP contribution in [0.1, 0.15) is 30.4 Å². The smallest absolute Gasteiger partial charge is 0.408 e. The van der Waals surface area contributed by atoms with Crippen molar-refractivity contribution in [1.29, 1.82) is 0 Å². The zero-order valence-electron chi connectivity index (χ0n) is 18.7. The zero-order valence-corrected chi connectivity index (χ0v) is 18.7. The number of alkyl carbamates (subject to hydrolysis) is 1. The number of hydrogen-bond acceptors (Lipinski definition) is 6. The third-order valence-corrected chi connectivity index (χ3v) is 5.05. The standard InChI is InChI=1S/C24H30N4O6/c25-23(26)27-12-4-7-20(28-24(33)34-15-17-5-2-1-3-6-17)21(30)14-18(22(31)32)13-16-8-10-19(29)11-9-16/h1-3,5-6,8-11,18,20,29H,4,7,12-15H2,(H,28,33)(H,31,32)(H4,25,26,27). The number of aromatic hydroxyl groups is 1. The number of phenols is 1. The number of carboxylic acids is 1. The van der Waals surface area contributed by atoms with E-state index in [1.807, 2.05) is 18.2 Å². The molecule has 0 bridgehead atoms. The van der Waals surface area contributed by atoms with E-state index in [4.69, 9.17) is 16.2 Å². The Morgan fingerprint density at radius 3 is 2.29 bits per heavy atom. The first kappa shape index (κ1) is 26.2. The molecule has 0 aliphatic rings. The van der Waals surface area contributed by atoms with Crippen molar-refractivity contribution in [3.63, 3.8) is 0 Å². The molecule has 0 aliphatic carbocycles. The minimum absolute atomic E-state index is 0.0280. The predicted octanol–water partition coefficient (Wildman–Crippen LogP) is 1.94. The second-order valence-electron chi connectivity index (χ2n) is 7.78. The van der Waals surface area contributed by atoms with Crippen LogP contribution in [-0.4, -0.2) is 46.6 Å². The van der Waals surface area contributed by atoms with Gasteiger partial charge in [-0.2, -0.15) is 0 Å². The largest absolute Gasteiger partial charge is 0.508 e. The lowest BCUT2D eigenvalue weighted by Crippen LogP contribution is -2.42. The number of carboxylic acid groups (broad SMARTS) is 1. The van der Waals surface area contributed by atoms with Crippen molar-refractivity contribution in [3.05, 3.63) is 65.7 Å². The van der Waals surface area contributed by atoms with E-state index in [1.165, 1.54) is 12.1 Å². The number of Topliss-reactive ketones (excluding diaryl/α,β-unsaturated/α-hetero) is 1. The van der Waals surface area contributed by atoms with Gasteiger partial charge in [0.1, 0.15) is 12.4 Å². The molecule has 2 rings (SSSR count). The van der Waals surface area contributed by atoms with Crippen molar-refractivity contribution in [2.45, 2.75) is 38.3 Å². The fourth-order valence-corrected chi connectivity index (χ4v) is 3.27. The third kappa shape index (κ3) is 9.60. The molecule has 2 unspecified atom stereocenters.